The zero-order chi connectivity index (χ0) is 55.7. The van der Waals surface area contributed by atoms with Gasteiger partial charge in [-0.3, -0.25) is 4.79 Å². The van der Waals surface area contributed by atoms with E-state index in [9.17, 15) is 9.90 Å². The summed E-state index contributed by atoms with van der Waals surface area (Å²) in [6.45, 7) is 9.16. The van der Waals surface area contributed by atoms with E-state index in [4.69, 9.17) is 15.0 Å². The summed E-state index contributed by atoms with van der Waals surface area (Å²) >= 11 is 10.8. The Morgan fingerprint density at radius 2 is 0.823 bits per heavy atom. The predicted octanol–water partition coefficient (Wildman–Crippen LogP) is 24.4. The van der Waals surface area contributed by atoms with Crippen LogP contribution in [0.25, 0.3) is 30.3 Å². The van der Waals surface area contributed by atoms with Crippen LogP contribution < -0.4 is 0 Å². The van der Waals surface area contributed by atoms with Crippen molar-refractivity contribution in [1.82, 2.24) is 15.0 Å². The van der Waals surface area contributed by atoms with E-state index in [0.717, 1.165) is 79.9 Å². The second kappa shape index (κ2) is 39.2. The van der Waals surface area contributed by atoms with Gasteiger partial charge in [-0.1, -0.05) is 259 Å². The van der Waals surface area contributed by atoms with Gasteiger partial charge in [0.1, 0.15) is 10.0 Å². The number of nitrogens with zero attached hydrogens (tertiary/aromatic N) is 3. The molecule has 2 N–H and O–H groups in total. The fourth-order valence-electron chi connectivity index (χ4n) is 11.7. The van der Waals surface area contributed by atoms with Crippen LogP contribution in [0.4, 0.5) is 0 Å². The van der Waals surface area contributed by atoms with Gasteiger partial charge in [-0.05, 0) is 95.9 Å². The summed E-state index contributed by atoms with van der Waals surface area (Å²) in [5, 5.41) is 16.4. The van der Waals surface area contributed by atoms with E-state index in [2.05, 4.69) is 66.1 Å². The number of thiophene rings is 2. The molecule has 0 bridgehead atoms. The van der Waals surface area contributed by atoms with Gasteiger partial charge in [0.2, 0.25) is 0 Å². The van der Waals surface area contributed by atoms with E-state index in [1.807, 2.05) is 0 Å². The fourth-order valence-corrected chi connectivity index (χ4v) is 16.9. The maximum absolute atomic E-state index is 14.6. The molecule has 1 aliphatic rings. The van der Waals surface area contributed by atoms with Gasteiger partial charge >= 0.3 is 0 Å². The molecule has 6 rings (SSSR count). The highest BCUT2D eigenvalue weighted by Gasteiger charge is 2.37. The van der Waals surface area contributed by atoms with Crippen LogP contribution in [0.1, 0.15) is 328 Å². The van der Waals surface area contributed by atoms with Gasteiger partial charge in [-0.25, -0.2) is 15.0 Å². The minimum absolute atomic E-state index is 0.0209. The van der Waals surface area contributed by atoms with Crippen molar-refractivity contribution in [3.63, 3.8) is 0 Å². The normalized spacial score (nSPS) is 12.5. The third kappa shape index (κ3) is 22.2. The van der Waals surface area contributed by atoms with Crippen LogP contribution >= 0.6 is 61.3 Å². The molecule has 1 amide bonds. The number of hydrogen-bond acceptors (Lipinski definition) is 8. The molecule has 11 heteroatoms. The lowest BCUT2D eigenvalue weighted by Gasteiger charge is -2.04. The molecule has 5 aromatic rings. The summed E-state index contributed by atoms with van der Waals surface area (Å²) in [4.78, 5) is 38.2. The molecule has 0 radical (unpaired) electrons. The second-order valence-corrected chi connectivity index (χ2v) is 28.7. The molecular weight excluding hydrogens is 1110 g/mol. The molecular formula is C68H105BrN4O2S4. The maximum atomic E-state index is 14.6. The van der Waals surface area contributed by atoms with Crippen LogP contribution in [0.2, 0.25) is 0 Å². The minimum Gasteiger partial charge on any atom is -0.494 e. The van der Waals surface area contributed by atoms with Gasteiger partial charge < -0.3 is 10.1 Å². The van der Waals surface area contributed by atoms with Crippen LogP contribution in [0.5, 0.6) is 5.88 Å². The van der Waals surface area contributed by atoms with Gasteiger partial charge in [0.25, 0.3) is 5.91 Å². The lowest BCUT2D eigenvalue weighted by molar-refractivity contribution is 0.101. The van der Waals surface area contributed by atoms with Crippen molar-refractivity contribution in [2.75, 3.05) is 0 Å². The first-order valence-electron chi connectivity index (χ1n) is 32.8. The quantitative estimate of drug-likeness (QED) is 0.0380. The number of aromatic amines is 1. The lowest BCUT2D eigenvalue weighted by atomic mass is 10.0. The number of amides is 1. The van der Waals surface area contributed by atoms with Crippen molar-refractivity contribution in [2.24, 2.45) is 4.99 Å². The first kappa shape index (κ1) is 65.7. The third-order valence-electron chi connectivity index (χ3n) is 16.5. The van der Waals surface area contributed by atoms with Gasteiger partial charge in [0.15, 0.2) is 5.88 Å². The average molecular weight is 1220 g/mol. The summed E-state index contributed by atoms with van der Waals surface area (Å²) in [7, 11) is 0. The van der Waals surface area contributed by atoms with Gasteiger partial charge in [-0.15, -0.1) is 45.3 Å². The number of carbonyl (C=O) groups is 1. The third-order valence-corrected chi connectivity index (χ3v) is 21.7. The number of fused-ring (bicyclic) bond motifs is 1. The molecule has 0 fully saturated rings. The molecule has 6 nitrogen and oxygen atoms in total. The number of halogens is 1. The Morgan fingerprint density at radius 1 is 0.443 bits per heavy atom. The first-order chi connectivity index (χ1) is 38.9. The average Bonchev–Trinajstić information content (AvgIpc) is 4.39. The molecule has 1 aliphatic heterocycles. The Bertz CT molecular complexity index is 2470. The molecule has 0 saturated heterocycles. The van der Waals surface area contributed by atoms with E-state index in [1.54, 1.807) is 45.3 Å². The highest BCUT2D eigenvalue weighted by Crippen LogP contribution is 2.47. The summed E-state index contributed by atoms with van der Waals surface area (Å²) in [6, 6.07) is 4.62. The molecule has 440 valence electrons. The minimum atomic E-state index is -0.283. The maximum Gasteiger partial charge on any atom is 0.280 e. The van der Waals surface area contributed by atoms with E-state index < -0.39 is 0 Å². The SMILES string of the molecule is CCCCCCCCCCCCc1ccsc1-c1nc(CCCCCCCCCCCC)c(-c2[nH]c(O)c3c2C(=O)N=C3c2sc(-c3sc(Br)cc3CCCCCCCCCCCC)nc2CCCCCCCCCCCC)s1. The molecule has 0 unspecified atom stereocenters. The molecule has 0 aromatic carbocycles. The van der Waals surface area contributed by atoms with Crippen molar-refractivity contribution in [1.29, 1.82) is 0 Å². The van der Waals surface area contributed by atoms with E-state index in [0.29, 0.717) is 22.5 Å². The summed E-state index contributed by atoms with van der Waals surface area (Å²) < 4.78 is 1.13. The number of aryl methyl sites for hydroxylation is 4. The fraction of sp³-hybridized carbons (Fsp3) is 0.706. The second-order valence-electron chi connectivity index (χ2n) is 23.4. The molecule has 0 aliphatic carbocycles. The molecule has 5 aromatic heterocycles. The monoisotopic (exact) mass is 1220 g/mol. The van der Waals surface area contributed by atoms with Gasteiger partial charge in [0.05, 0.1) is 57.2 Å². The Balaban J connectivity index is 1.21. The Kier molecular flexibility index (Phi) is 32.6. The van der Waals surface area contributed by atoms with Crippen molar-refractivity contribution in [3.8, 4) is 36.2 Å². The van der Waals surface area contributed by atoms with Gasteiger partial charge in [-0.2, -0.15) is 0 Å². The first-order valence-corrected chi connectivity index (χ1v) is 36.9. The number of unbranched alkanes of at least 4 members (excludes halogenated alkanes) is 36. The predicted molar refractivity (Wildman–Crippen MR) is 352 cm³/mol. The number of H-pyrrole nitrogens is 1. The number of rotatable bonds is 48. The zero-order valence-electron chi connectivity index (χ0n) is 50.1. The molecule has 0 saturated carbocycles. The lowest BCUT2D eigenvalue weighted by Crippen LogP contribution is -2.02. The Morgan fingerprint density at radius 3 is 1.28 bits per heavy atom. The smallest absolute Gasteiger partial charge is 0.280 e. The van der Waals surface area contributed by atoms with Crippen molar-refractivity contribution in [3.05, 3.63) is 59.8 Å². The summed E-state index contributed by atoms with van der Waals surface area (Å²) in [6.07, 6.45) is 55.8. The van der Waals surface area contributed by atoms with E-state index in [-0.39, 0.29) is 11.8 Å². The Labute approximate surface area is 505 Å². The number of aliphatic imine (C=N–C) groups is 1. The zero-order valence-corrected chi connectivity index (χ0v) is 54.9. The number of aromatic hydroxyl groups is 1. The molecule has 0 atom stereocenters. The summed E-state index contributed by atoms with van der Waals surface area (Å²) in [5.74, 6) is -0.262. The number of hydrogen-bond donors (Lipinski definition) is 2. The van der Waals surface area contributed by atoms with Gasteiger partial charge in [0, 0.05) is 0 Å². The largest absolute Gasteiger partial charge is 0.494 e. The van der Waals surface area contributed by atoms with Crippen molar-refractivity contribution in [2.45, 2.75) is 310 Å². The Hall–Kier alpha value is -2.44. The van der Waals surface area contributed by atoms with E-state index in [1.165, 1.54) is 258 Å². The number of carbonyl (C=O) groups excluding carboxylic acids is 1. The topological polar surface area (TPSA) is 91.2 Å². The van der Waals surface area contributed by atoms with Crippen molar-refractivity contribution < 1.29 is 9.90 Å². The van der Waals surface area contributed by atoms with Crippen LogP contribution in [-0.4, -0.2) is 31.7 Å². The summed E-state index contributed by atoms with van der Waals surface area (Å²) in [5.41, 5.74) is 7.06. The number of thiazole rings is 2. The van der Waals surface area contributed by atoms with Crippen molar-refractivity contribution >= 4 is 72.9 Å². The van der Waals surface area contributed by atoms with Crippen LogP contribution in [0.3, 0.4) is 0 Å². The van der Waals surface area contributed by atoms with Crippen LogP contribution in [-0.2, 0) is 25.7 Å². The standard InChI is InChI=1S/C68H105BrN4O2S4/c1-5-9-13-17-21-25-29-33-37-41-45-52-49-50-76-61(52)67-70-54(47-43-39-35-31-27-23-19-15-11-7-3)63(78-67)59-57-58(66(75)72-59)60(73-65(57)74)64-55(48-44-40-36-32-28-24-20-16-12-8-4)71-68(79-64)62-53(51-56(69)77-62)46-42-38-34-30-26-22-18-14-10-6-2/h49-51,72,75H,5-48H2,1-4H3. The highest BCUT2D eigenvalue weighted by molar-refractivity contribution is 9.11. The number of nitrogens with one attached hydrogen (secondary N) is 1. The number of aromatic nitrogens is 3. The van der Waals surface area contributed by atoms with Crippen LogP contribution in [0, 0.1) is 0 Å². The van der Waals surface area contributed by atoms with Crippen LogP contribution in [0.15, 0.2) is 26.3 Å². The highest BCUT2D eigenvalue weighted by atomic mass is 79.9. The van der Waals surface area contributed by atoms with E-state index >= 15 is 0 Å². The molecule has 0 spiro atoms. The molecule has 6 heterocycles. The molecule has 79 heavy (non-hydrogen) atoms.